The Balaban J connectivity index is 1.67. The number of nitrogens with one attached hydrogen (secondary N) is 1. The number of fused-ring (bicyclic) bond motifs is 1. The van der Waals surface area contributed by atoms with E-state index in [2.05, 4.69) is 5.32 Å². The Morgan fingerprint density at radius 3 is 2.70 bits per heavy atom. The second-order valence-electron chi connectivity index (χ2n) is 6.45. The van der Waals surface area contributed by atoms with Crippen LogP contribution in [0.4, 0.5) is 8.78 Å². The summed E-state index contributed by atoms with van der Waals surface area (Å²) in [4.78, 5) is 24.6. The van der Waals surface area contributed by atoms with E-state index in [1.54, 1.807) is 0 Å². The van der Waals surface area contributed by atoms with Gasteiger partial charge in [-0.05, 0) is 49.4 Å². The van der Waals surface area contributed by atoms with Crippen LogP contribution in [0.1, 0.15) is 47.3 Å². The number of hydrogen-bond acceptors (Lipinski definition) is 3. The molecule has 1 aliphatic carbocycles. The van der Waals surface area contributed by atoms with Crippen LogP contribution >= 0.6 is 11.6 Å². The van der Waals surface area contributed by atoms with Crippen molar-refractivity contribution in [2.75, 3.05) is 0 Å². The van der Waals surface area contributed by atoms with Gasteiger partial charge in [0.05, 0.1) is 16.6 Å². The molecule has 142 valence electrons. The molecule has 0 bridgehead atoms. The Morgan fingerprint density at radius 2 is 1.93 bits per heavy atom. The fourth-order valence-electron chi connectivity index (χ4n) is 3.15. The molecular weight excluding hydrogens is 376 g/mol. The Labute approximate surface area is 160 Å². The van der Waals surface area contributed by atoms with Gasteiger partial charge in [0, 0.05) is 0 Å². The normalized spacial score (nSPS) is 17.0. The first kappa shape index (κ1) is 19.3. The number of amides is 1. The maximum Gasteiger partial charge on any atom is 0.340 e. The molecule has 1 N–H and O–H groups in total. The summed E-state index contributed by atoms with van der Waals surface area (Å²) in [7, 11) is 0. The van der Waals surface area contributed by atoms with Crippen molar-refractivity contribution in [2.45, 2.75) is 38.3 Å². The minimum Gasteiger partial charge on any atom is -0.449 e. The molecule has 7 heteroatoms. The number of carbonyl (C=O) groups is 2. The zero-order valence-corrected chi connectivity index (χ0v) is 15.4. The molecule has 1 aliphatic rings. The van der Waals surface area contributed by atoms with Crippen LogP contribution in [0.5, 0.6) is 0 Å². The minimum atomic E-state index is -1.22. The van der Waals surface area contributed by atoms with E-state index in [1.165, 1.54) is 12.5 Å². The zero-order chi connectivity index (χ0) is 19.6. The van der Waals surface area contributed by atoms with Crippen molar-refractivity contribution < 1.29 is 23.1 Å². The van der Waals surface area contributed by atoms with Gasteiger partial charge in [0.2, 0.25) is 0 Å². The molecule has 0 spiro atoms. The topological polar surface area (TPSA) is 55.4 Å². The van der Waals surface area contributed by atoms with E-state index in [1.807, 2.05) is 24.3 Å². The minimum absolute atomic E-state index is 0.157. The number of aryl methyl sites for hydroxylation is 1. The van der Waals surface area contributed by atoms with Crippen LogP contribution in [0.2, 0.25) is 5.02 Å². The predicted molar refractivity (Wildman–Crippen MR) is 96.5 cm³/mol. The Hall–Kier alpha value is -2.47. The lowest BCUT2D eigenvalue weighted by Gasteiger charge is -2.27. The first-order valence-corrected chi connectivity index (χ1v) is 8.98. The number of benzene rings is 2. The number of hydrogen-bond donors (Lipinski definition) is 1. The highest BCUT2D eigenvalue weighted by Gasteiger charge is 2.26. The molecule has 0 saturated carbocycles. The largest absolute Gasteiger partial charge is 0.449 e. The molecule has 0 fully saturated rings. The van der Waals surface area contributed by atoms with E-state index < -0.39 is 29.6 Å². The van der Waals surface area contributed by atoms with Gasteiger partial charge in [0.1, 0.15) is 0 Å². The first-order valence-electron chi connectivity index (χ1n) is 8.60. The van der Waals surface area contributed by atoms with Crippen molar-refractivity contribution in [2.24, 2.45) is 0 Å². The van der Waals surface area contributed by atoms with Crippen molar-refractivity contribution in [3.63, 3.8) is 0 Å². The third-order valence-electron chi connectivity index (χ3n) is 4.57. The van der Waals surface area contributed by atoms with Crippen LogP contribution in [-0.2, 0) is 16.0 Å². The molecule has 0 heterocycles. The van der Waals surface area contributed by atoms with E-state index in [9.17, 15) is 18.4 Å². The van der Waals surface area contributed by atoms with E-state index in [0.717, 1.165) is 24.8 Å². The van der Waals surface area contributed by atoms with Crippen molar-refractivity contribution >= 4 is 23.5 Å². The highest BCUT2D eigenvalue weighted by atomic mass is 35.5. The summed E-state index contributed by atoms with van der Waals surface area (Å²) in [6, 6.07) is 9.06. The maximum atomic E-state index is 13.3. The average molecular weight is 394 g/mol. The quantitative estimate of drug-likeness (QED) is 0.620. The molecule has 27 heavy (non-hydrogen) atoms. The third-order valence-corrected chi connectivity index (χ3v) is 4.88. The summed E-state index contributed by atoms with van der Waals surface area (Å²) >= 11 is 5.76. The fourth-order valence-corrected chi connectivity index (χ4v) is 3.38. The molecule has 0 radical (unpaired) electrons. The molecule has 2 atom stereocenters. The number of ether oxygens (including phenoxy) is 1. The number of rotatable bonds is 4. The van der Waals surface area contributed by atoms with Gasteiger partial charge in [0.25, 0.3) is 5.91 Å². The average Bonchev–Trinajstić information content (AvgIpc) is 2.64. The molecule has 0 aromatic heterocycles. The number of esters is 1. The van der Waals surface area contributed by atoms with Gasteiger partial charge in [-0.15, -0.1) is 0 Å². The second kappa shape index (κ2) is 8.05. The Morgan fingerprint density at radius 1 is 1.22 bits per heavy atom. The predicted octanol–water partition coefficient (Wildman–Crippen LogP) is 4.36. The highest BCUT2D eigenvalue weighted by Crippen LogP contribution is 2.29. The summed E-state index contributed by atoms with van der Waals surface area (Å²) in [5, 5.41) is 2.60. The number of carbonyl (C=O) groups excluding carboxylic acids is 2. The summed E-state index contributed by atoms with van der Waals surface area (Å²) < 4.78 is 31.5. The molecule has 0 unspecified atom stereocenters. The molecular formula is C20H18ClF2NO3. The van der Waals surface area contributed by atoms with E-state index in [-0.39, 0.29) is 16.6 Å². The zero-order valence-electron chi connectivity index (χ0n) is 14.6. The molecule has 0 aliphatic heterocycles. The van der Waals surface area contributed by atoms with E-state index >= 15 is 0 Å². The summed E-state index contributed by atoms with van der Waals surface area (Å²) in [6.07, 6.45) is 1.58. The van der Waals surface area contributed by atoms with Crippen LogP contribution in [0.25, 0.3) is 0 Å². The maximum absolute atomic E-state index is 13.3. The summed E-state index contributed by atoms with van der Waals surface area (Å²) in [5.74, 6) is -3.85. The second-order valence-corrected chi connectivity index (χ2v) is 6.85. The molecule has 2 aromatic carbocycles. The monoisotopic (exact) mass is 393 g/mol. The lowest BCUT2D eigenvalue weighted by atomic mass is 9.87. The SMILES string of the molecule is C[C@H](OC(=O)c1cc(F)c(F)cc1Cl)C(=O)N[C@H]1CCCc2ccccc21. The van der Waals surface area contributed by atoms with Crippen LogP contribution in [0.3, 0.4) is 0 Å². The highest BCUT2D eigenvalue weighted by molar-refractivity contribution is 6.33. The van der Waals surface area contributed by atoms with Crippen molar-refractivity contribution in [3.8, 4) is 0 Å². The summed E-state index contributed by atoms with van der Waals surface area (Å²) in [6.45, 7) is 1.41. The molecule has 0 saturated heterocycles. The first-order chi connectivity index (χ1) is 12.9. The van der Waals surface area contributed by atoms with Crippen molar-refractivity contribution in [1.82, 2.24) is 5.32 Å². The Bertz CT molecular complexity index is 888. The fraction of sp³-hybridized carbons (Fsp3) is 0.300. The van der Waals surface area contributed by atoms with Gasteiger partial charge < -0.3 is 10.1 Å². The summed E-state index contributed by atoms with van der Waals surface area (Å²) in [5.41, 5.74) is 1.91. The van der Waals surface area contributed by atoms with E-state index in [4.69, 9.17) is 16.3 Å². The molecule has 2 aromatic rings. The van der Waals surface area contributed by atoms with Gasteiger partial charge in [0.15, 0.2) is 17.7 Å². The Kier molecular flexibility index (Phi) is 5.75. The third kappa shape index (κ3) is 4.27. The molecule has 4 nitrogen and oxygen atoms in total. The van der Waals surface area contributed by atoms with E-state index in [0.29, 0.717) is 12.1 Å². The smallest absolute Gasteiger partial charge is 0.340 e. The van der Waals surface area contributed by atoms with Gasteiger partial charge in [-0.3, -0.25) is 4.79 Å². The molecule has 3 rings (SSSR count). The van der Waals surface area contributed by atoms with Crippen LogP contribution < -0.4 is 5.32 Å². The lowest BCUT2D eigenvalue weighted by molar-refractivity contribution is -0.130. The van der Waals surface area contributed by atoms with Crippen molar-refractivity contribution in [3.05, 3.63) is 69.7 Å². The number of halogens is 3. The van der Waals surface area contributed by atoms with Crippen LogP contribution in [-0.4, -0.2) is 18.0 Å². The molecule has 1 amide bonds. The van der Waals surface area contributed by atoms with Gasteiger partial charge in [-0.2, -0.15) is 0 Å². The van der Waals surface area contributed by atoms with Gasteiger partial charge in [-0.1, -0.05) is 35.9 Å². The van der Waals surface area contributed by atoms with Crippen LogP contribution in [0.15, 0.2) is 36.4 Å². The lowest BCUT2D eigenvalue weighted by Crippen LogP contribution is -2.39. The standard InChI is InChI=1S/C20H18ClF2NO3/c1-11(27-20(26)14-9-16(22)17(23)10-15(14)21)19(25)24-18-8-4-6-12-5-2-3-7-13(12)18/h2-3,5,7,9-11,18H,4,6,8H2,1H3,(H,24,25)/t11-,18-/m0/s1. The van der Waals surface area contributed by atoms with Crippen LogP contribution in [0, 0.1) is 11.6 Å². The van der Waals surface area contributed by atoms with Gasteiger partial charge in [-0.25, -0.2) is 13.6 Å². The van der Waals surface area contributed by atoms with Crippen molar-refractivity contribution in [1.29, 1.82) is 0 Å². The van der Waals surface area contributed by atoms with Gasteiger partial charge >= 0.3 is 5.97 Å².